The SMILES string of the molecule is COc1ccc(C=NNC(=O)c2cc(-c3cccc(Br)c3)nc3ccccc23)cc1CN1CCSCC1. The maximum Gasteiger partial charge on any atom is 0.272 e. The molecule has 5 rings (SSSR count). The normalized spacial score (nSPS) is 14.2. The molecule has 37 heavy (non-hydrogen) atoms. The molecule has 1 amide bonds. The van der Waals surface area contributed by atoms with E-state index in [1.807, 2.05) is 78.5 Å². The van der Waals surface area contributed by atoms with Crippen molar-refractivity contribution in [2.24, 2.45) is 5.10 Å². The number of ether oxygens (including phenoxy) is 1. The summed E-state index contributed by atoms with van der Waals surface area (Å²) in [5, 5.41) is 5.05. The lowest BCUT2D eigenvalue weighted by Gasteiger charge is -2.26. The Bertz CT molecular complexity index is 1450. The largest absolute Gasteiger partial charge is 0.496 e. The maximum absolute atomic E-state index is 13.2. The standard InChI is InChI=1S/C29H27BrN4O2S/c1-36-28-10-9-20(15-22(28)19-34-11-13-37-14-12-34)18-31-33-29(35)25-17-27(21-5-4-6-23(30)16-21)32-26-8-3-2-7-24(25)26/h2-10,15-18H,11-14,19H2,1H3,(H,33,35). The van der Waals surface area contributed by atoms with Crippen LogP contribution in [0.3, 0.4) is 0 Å². The van der Waals surface area contributed by atoms with E-state index in [4.69, 9.17) is 9.72 Å². The highest BCUT2D eigenvalue weighted by Gasteiger charge is 2.15. The van der Waals surface area contributed by atoms with E-state index in [9.17, 15) is 4.79 Å². The first-order valence-electron chi connectivity index (χ1n) is 12.1. The lowest BCUT2D eigenvalue weighted by Crippen LogP contribution is -2.32. The number of nitrogens with one attached hydrogen (secondary N) is 1. The Morgan fingerprint density at radius 3 is 2.76 bits per heavy atom. The summed E-state index contributed by atoms with van der Waals surface area (Å²) in [5.41, 5.74) is 7.65. The van der Waals surface area contributed by atoms with Crippen LogP contribution in [-0.2, 0) is 6.54 Å². The van der Waals surface area contributed by atoms with Crippen molar-refractivity contribution in [3.8, 4) is 17.0 Å². The molecule has 0 spiro atoms. The monoisotopic (exact) mass is 574 g/mol. The van der Waals surface area contributed by atoms with Gasteiger partial charge in [0, 0.05) is 52.1 Å². The number of methoxy groups -OCH3 is 1. The maximum atomic E-state index is 13.2. The Morgan fingerprint density at radius 1 is 1.11 bits per heavy atom. The average Bonchev–Trinajstić information content (AvgIpc) is 2.93. The molecule has 2 heterocycles. The van der Waals surface area contributed by atoms with Gasteiger partial charge < -0.3 is 4.74 Å². The summed E-state index contributed by atoms with van der Waals surface area (Å²) in [5.74, 6) is 2.89. The van der Waals surface area contributed by atoms with E-state index in [2.05, 4.69) is 37.4 Å². The number of nitrogens with zero attached hydrogens (tertiary/aromatic N) is 3. The number of carbonyl (C=O) groups is 1. The van der Waals surface area contributed by atoms with Crippen molar-refractivity contribution in [3.63, 3.8) is 0 Å². The Labute approximate surface area is 229 Å². The number of amides is 1. The lowest BCUT2D eigenvalue weighted by atomic mass is 10.0. The van der Waals surface area contributed by atoms with Crippen LogP contribution in [0, 0.1) is 0 Å². The number of hydrazone groups is 1. The zero-order chi connectivity index (χ0) is 25.6. The summed E-state index contributed by atoms with van der Waals surface area (Å²) < 4.78 is 6.54. The predicted molar refractivity (Wildman–Crippen MR) is 156 cm³/mol. The van der Waals surface area contributed by atoms with Gasteiger partial charge in [0.05, 0.1) is 30.1 Å². The first kappa shape index (κ1) is 25.4. The topological polar surface area (TPSA) is 66.8 Å². The van der Waals surface area contributed by atoms with Crippen molar-refractivity contribution in [1.29, 1.82) is 0 Å². The number of aromatic nitrogens is 1. The van der Waals surface area contributed by atoms with Gasteiger partial charge >= 0.3 is 0 Å². The summed E-state index contributed by atoms with van der Waals surface area (Å²) in [6.45, 7) is 2.98. The number of hydrogen-bond donors (Lipinski definition) is 1. The fourth-order valence-corrected chi connectivity index (χ4v) is 5.77. The first-order valence-corrected chi connectivity index (χ1v) is 14.0. The number of hydrogen-bond acceptors (Lipinski definition) is 6. The van der Waals surface area contributed by atoms with Crippen LogP contribution in [0.4, 0.5) is 0 Å². The molecule has 0 aliphatic carbocycles. The van der Waals surface area contributed by atoms with Gasteiger partial charge in [-0.3, -0.25) is 9.69 Å². The second-order valence-corrected chi connectivity index (χ2v) is 10.9. The van der Waals surface area contributed by atoms with Gasteiger partial charge in [-0.1, -0.05) is 46.3 Å². The molecule has 188 valence electrons. The van der Waals surface area contributed by atoms with E-state index in [-0.39, 0.29) is 5.91 Å². The average molecular weight is 576 g/mol. The molecule has 3 aromatic carbocycles. The van der Waals surface area contributed by atoms with Gasteiger partial charge in [-0.05, 0) is 48.0 Å². The van der Waals surface area contributed by atoms with Crippen molar-refractivity contribution < 1.29 is 9.53 Å². The van der Waals surface area contributed by atoms with Gasteiger partial charge in [-0.25, -0.2) is 10.4 Å². The van der Waals surface area contributed by atoms with Crippen LogP contribution < -0.4 is 10.2 Å². The molecule has 1 N–H and O–H groups in total. The van der Waals surface area contributed by atoms with E-state index in [1.54, 1.807) is 13.3 Å². The van der Waals surface area contributed by atoms with Gasteiger partial charge in [0.15, 0.2) is 0 Å². The number of carbonyl (C=O) groups excluding carboxylic acids is 1. The third-order valence-corrected chi connectivity index (χ3v) is 7.70. The molecule has 0 atom stereocenters. The highest BCUT2D eigenvalue weighted by molar-refractivity contribution is 9.10. The highest BCUT2D eigenvalue weighted by Crippen LogP contribution is 2.27. The fourth-order valence-electron chi connectivity index (χ4n) is 4.39. The van der Waals surface area contributed by atoms with Crippen molar-refractivity contribution in [3.05, 3.63) is 94.0 Å². The van der Waals surface area contributed by atoms with E-state index in [0.29, 0.717) is 5.56 Å². The molecule has 0 bridgehead atoms. The third kappa shape index (κ3) is 6.21. The Hall–Kier alpha value is -3.20. The highest BCUT2D eigenvalue weighted by atomic mass is 79.9. The molecule has 1 saturated heterocycles. The minimum Gasteiger partial charge on any atom is -0.496 e. The number of rotatable bonds is 7. The molecule has 1 aliphatic rings. The quantitative estimate of drug-likeness (QED) is 0.217. The predicted octanol–water partition coefficient (Wildman–Crippen LogP) is 5.99. The van der Waals surface area contributed by atoms with Crippen molar-refractivity contribution in [1.82, 2.24) is 15.3 Å². The molecule has 4 aromatic rings. The molecule has 8 heteroatoms. The minimum absolute atomic E-state index is 0.286. The molecule has 1 aliphatic heterocycles. The Kier molecular flexibility index (Phi) is 8.18. The van der Waals surface area contributed by atoms with Gasteiger partial charge in [-0.2, -0.15) is 16.9 Å². The smallest absolute Gasteiger partial charge is 0.272 e. The van der Waals surface area contributed by atoms with Crippen molar-refractivity contribution >= 4 is 50.7 Å². The van der Waals surface area contributed by atoms with E-state index >= 15 is 0 Å². The van der Waals surface area contributed by atoms with Crippen LogP contribution >= 0.6 is 27.7 Å². The van der Waals surface area contributed by atoms with Crippen molar-refractivity contribution in [2.45, 2.75) is 6.54 Å². The van der Waals surface area contributed by atoms with Gasteiger partial charge in [0.1, 0.15) is 5.75 Å². The molecular formula is C29H27BrN4O2S. The van der Waals surface area contributed by atoms with Crippen LogP contribution in [0.25, 0.3) is 22.2 Å². The molecular weight excluding hydrogens is 548 g/mol. The van der Waals surface area contributed by atoms with Crippen LogP contribution in [0.15, 0.2) is 82.4 Å². The summed E-state index contributed by atoms with van der Waals surface area (Å²) in [4.78, 5) is 20.5. The van der Waals surface area contributed by atoms with E-state index < -0.39 is 0 Å². The fraction of sp³-hybridized carbons (Fsp3) is 0.207. The molecule has 0 saturated carbocycles. The van der Waals surface area contributed by atoms with E-state index in [1.165, 1.54) is 0 Å². The summed E-state index contributed by atoms with van der Waals surface area (Å²) in [6, 6.07) is 23.3. The lowest BCUT2D eigenvalue weighted by molar-refractivity contribution is 0.0956. The number of thioether (sulfide) groups is 1. The Morgan fingerprint density at radius 2 is 1.95 bits per heavy atom. The van der Waals surface area contributed by atoms with Crippen LogP contribution in [0.1, 0.15) is 21.5 Å². The van der Waals surface area contributed by atoms with Gasteiger partial charge in [0.25, 0.3) is 5.91 Å². The number of halogens is 1. The number of pyridine rings is 1. The molecule has 0 radical (unpaired) electrons. The zero-order valence-corrected chi connectivity index (χ0v) is 22.9. The second kappa shape index (κ2) is 11.9. The van der Waals surface area contributed by atoms with Crippen LogP contribution in [0.2, 0.25) is 0 Å². The molecule has 1 fully saturated rings. The summed E-state index contributed by atoms with van der Waals surface area (Å²) >= 11 is 5.51. The Balaban J connectivity index is 1.37. The second-order valence-electron chi connectivity index (χ2n) is 8.74. The minimum atomic E-state index is -0.286. The summed E-state index contributed by atoms with van der Waals surface area (Å²) in [7, 11) is 1.69. The first-order chi connectivity index (χ1) is 18.1. The van der Waals surface area contributed by atoms with Crippen molar-refractivity contribution in [2.75, 3.05) is 31.7 Å². The van der Waals surface area contributed by atoms with Gasteiger partial charge in [0.2, 0.25) is 0 Å². The number of para-hydroxylation sites is 1. The third-order valence-electron chi connectivity index (χ3n) is 6.26. The number of fused-ring (bicyclic) bond motifs is 1. The molecule has 0 unspecified atom stereocenters. The van der Waals surface area contributed by atoms with Gasteiger partial charge in [-0.15, -0.1) is 0 Å². The van der Waals surface area contributed by atoms with E-state index in [0.717, 1.165) is 74.6 Å². The number of benzene rings is 3. The zero-order valence-electron chi connectivity index (χ0n) is 20.5. The van der Waals surface area contributed by atoms with Crippen LogP contribution in [-0.4, -0.2) is 53.7 Å². The van der Waals surface area contributed by atoms with Crippen LogP contribution in [0.5, 0.6) is 5.75 Å². The summed E-state index contributed by atoms with van der Waals surface area (Å²) in [6.07, 6.45) is 1.67. The molecule has 6 nitrogen and oxygen atoms in total. The molecule has 1 aromatic heterocycles.